The summed E-state index contributed by atoms with van der Waals surface area (Å²) in [6.07, 6.45) is 3.53. The Morgan fingerprint density at radius 3 is 2.95 bits per heavy atom. The molecule has 0 amide bonds. The van der Waals surface area contributed by atoms with Crippen LogP contribution < -0.4 is 5.56 Å². The molecule has 1 aromatic carbocycles. The number of nitrogens with one attached hydrogen (secondary N) is 1. The van der Waals surface area contributed by atoms with Crippen molar-refractivity contribution in [3.63, 3.8) is 0 Å². The monoisotopic (exact) mass is 281 g/mol. The highest BCUT2D eigenvalue weighted by atomic mass is 16.5. The Morgan fingerprint density at radius 2 is 2.10 bits per heavy atom. The highest BCUT2D eigenvalue weighted by Gasteiger charge is 2.08. The molecule has 5 heteroatoms. The summed E-state index contributed by atoms with van der Waals surface area (Å²) in [7, 11) is 0. The van der Waals surface area contributed by atoms with E-state index in [0.717, 1.165) is 16.3 Å². The quantitative estimate of drug-likeness (QED) is 0.798. The highest BCUT2D eigenvalue weighted by Crippen LogP contribution is 2.25. The number of fused-ring (bicyclic) bond motifs is 1. The van der Waals surface area contributed by atoms with Crippen LogP contribution >= 0.6 is 0 Å². The number of ether oxygens (including phenoxy) is 1. The van der Waals surface area contributed by atoms with Crippen molar-refractivity contribution in [1.29, 1.82) is 0 Å². The van der Waals surface area contributed by atoms with Crippen molar-refractivity contribution in [3.8, 4) is 11.3 Å². The van der Waals surface area contributed by atoms with E-state index in [0.29, 0.717) is 18.1 Å². The van der Waals surface area contributed by atoms with Crippen molar-refractivity contribution < 1.29 is 4.74 Å². The number of hydrogen-bond donors (Lipinski definition) is 1. The molecule has 106 valence electrons. The lowest BCUT2D eigenvalue weighted by Crippen LogP contribution is -2.12. The standard InChI is InChI=1S/C16H15N3O2/c1-2-21-10-15-18-14(7-16(20)19-15)13-9-17-8-11-5-3-4-6-12(11)13/h3-9H,2,10H2,1H3,(H,18,19,20). The molecular weight excluding hydrogens is 266 g/mol. The molecule has 0 aliphatic carbocycles. The molecule has 0 bridgehead atoms. The third-order valence-corrected chi connectivity index (χ3v) is 3.18. The molecule has 0 radical (unpaired) electrons. The number of aromatic amines is 1. The minimum atomic E-state index is -0.192. The van der Waals surface area contributed by atoms with E-state index >= 15 is 0 Å². The summed E-state index contributed by atoms with van der Waals surface area (Å²) in [6, 6.07) is 9.39. The van der Waals surface area contributed by atoms with E-state index in [1.165, 1.54) is 6.07 Å². The van der Waals surface area contributed by atoms with Gasteiger partial charge in [-0.25, -0.2) is 4.98 Å². The molecule has 0 atom stereocenters. The molecule has 0 fully saturated rings. The molecule has 2 aromatic heterocycles. The van der Waals surface area contributed by atoms with E-state index in [9.17, 15) is 4.79 Å². The lowest BCUT2D eigenvalue weighted by atomic mass is 10.1. The van der Waals surface area contributed by atoms with Crippen LogP contribution in [0.25, 0.3) is 22.0 Å². The largest absolute Gasteiger partial charge is 0.374 e. The van der Waals surface area contributed by atoms with Crippen molar-refractivity contribution in [2.45, 2.75) is 13.5 Å². The molecule has 1 N–H and O–H groups in total. The van der Waals surface area contributed by atoms with Crippen LogP contribution in [0.15, 0.2) is 47.5 Å². The van der Waals surface area contributed by atoms with Crippen LogP contribution in [0.4, 0.5) is 0 Å². The summed E-state index contributed by atoms with van der Waals surface area (Å²) in [5, 5.41) is 2.04. The van der Waals surface area contributed by atoms with Crippen LogP contribution in [-0.2, 0) is 11.3 Å². The number of benzene rings is 1. The average Bonchev–Trinajstić information content (AvgIpc) is 2.52. The van der Waals surface area contributed by atoms with Crippen molar-refractivity contribution in [2.75, 3.05) is 6.61 Å². The van der Waals surface area contributed by atoms with Gasteiger partial charge in [-0.2, -0.15) is 0 Å². The molecule has 5 nitrogen and oxygen atoms in total. The lowest BCUT2D eigenvalue weighted by molar-refractivity contribution is 0.128. The zero-order chi connectivity index (χ0) is 14.7. The topological polar surface area (TPSA) is 67.9 Å². The summed E-state index contributed by atoms with van der Waals surface area (Å²) in [5.41, 5.74) is 1.26. The zero-order valence-corrected chi connectivity index (χ0v) is 11.7. The Kier molecular flexibility index (Phi) is 3.75. The fourth-order valence-electron chi connectivity index (χ4n) is 2.23. The average molecular weight is 281 g/mol. The van der Waals surface area contributed by atoms with Gasteiger partial charge in [0.2, 0.25) is 0 Å². The smallest absolute Gasteiger partial charge is 0.251 e. The van der Waals surface area contributed by atoms with Crippen molar-refractivity contribution >= 4 is 10.8 Å². The number of aromatic nitrogens is 3. The fraction of sp³-hybridized carbons (Fsp3) is 0.188. The molecule has 0 aliphatic rings. The predicted molar refractivity (Wildman–Crippen MR) is 80.9 cm³/mol. The van der Waals surface area contributed by atoms with Crippen LogP contribution in [-0.4, -0.2) is 21.6 Å². The maximum atomic E-state index is 11.8. The molecule has 0 unspecified atom stereocenters. The Morgan fingerprint density at radius 1 is 1.24 bits per heavy atom. The summed E-state index contributed by atoms with van der Waals surface area (Å²) in [5.74, 6) is 0.521. The Hall–Kier alpha value is -2.53. The van der Waals surface area contributed by atoms with E-state index in [2.05, 4.69) is 15.0 Å². The van der Waals surface area contributed by atoms with E-state index in [-0.39, 0.29) is 12.2 Å². The first-order valence-electron chi connectivity index (χ1n) is 6.79. The number of H-pyrrole nitrogens is 1. The number of hydrogen-bond acceptors (Lipinski definition) is 4. The molecule has 0 saturated carbocycles. The van der Waals surface area contributed by atoms with E-state index in [1.54, 1.807) is 12.4 Å². The van der Waals surface area contributed by atoms with Gasteiger partial charge >= 0.3 is 0 Å². The molecule has 21 heavy (non-hydrogen) atoms. The fourth-order valence-corrected chi connectivity index (χ4v) is 2.23. The van der Waals surface area contributed by atoms with Gasteiger partial charge in [0.05, 0.1) is 5.69 Å². The highest BCUT2D eigenvalue weighted by molar-refractivity contribution is 5.94. The van der Waals surface area contributed by atoms with Crippen molar-refractivity contribution in [2.24, 2.45) is 0 Å². The SMILES string of the molecule is CCOCc1nc(-c2cncc3ccccc23)cc(=O)[nH]1. The lowest BCUT2D eigenvalue weighted by Gasteiger charge is -2.07. The van der Waals surface area contributed by atoms with Gasteiger partial charge in [0.1, 0.15) is 12.4 Å². The maximum absolute atomic E-state index is 11.8. The molecule has 0 aliphatic heterocycles. The van der Waals surface area contributed by atoms with Crippen LogP contribution in [0.2, 0.25) is 0 Å². The molecule has 0 saturated heterocycles. The van der Waals surface area contributed by atoms with Gasteiger partial charge in [-0.1, -0.05) is 24.3 Å². The van der Waals surface area contributed by atoms with Gasteiger partial charge in [0.25, 0.3) is 5.56 Å². The van der Waals surface area contributed by atoms with Crippen LogP contribution in [0.1, 0.15) is 12.7 Å². The summed E-state index contributed by atoms with van der Waals surface area (Å²) < 4.78 is 5.30. The first-order valence-corrected chi connectivity index (χ1v) is 6.79. The van der Waals surface area contributed by atoms with Crippen molar-refractivity contribution in [1.82, 2.24) is 15.0 Å². The maximum Gasteiger partial charge on any atom is 0.251 e. The zero-order valence-electron chi connectivity index (χ0n) is 11.7. The number of rotatable bonds is 4. The first kappa shape index (κ1) is 13.5. The second-order valence-corrected chi connectivity index (χ2v) is 4.62. The van der Waals surface area contributed by atoms with Gasteiger partial charge < -0.3 is 9.72 Å². The summed E-state index contributed by atoms with van der Waals surface area (Å²) in [6.45, 7) is 2.76. The normalized spacial score (nSPS) is 10.9. The first-order chi connectivity index (χ1) is 10.3. The Labute approximate surface area is 121 Å². The third kappa shape index (κ3) is 2.83. The van der Waals surface area contributed by atoms with Gasteiger partial charge in [-0.05, 0) is 12.3 Å². The molecule has 2 heterocycles. The molecule has 3 rings (SSSR count). The van der Waals surface area contributed by atoms with Crippen LogP contribution in [0.3, 0.4) is 0 Å². The second kappa shape index (κ2) is 5.85. The van der Waals surface area contributed by atoms with Crippen LogP contribution in [0.5, 0.6) is 0 Å². The van der Waals surface area contributed by atoms with Gasteiger partial charge in [0, 0.05) is 36.0 Å². The number of pyridine rings is 1. The minimum absolute atomic E-state index is 0.192. The second-order valence-electron chi connectivity index (χ2n) is 4.62. The molecule has 0 spiro atoms. The van der Waals surface area contributed by atoms with E-state index < -0.39 is 0 Å². The van der Waals surface area contributed by atoms with Gasteiger partial charge in [-0.3, -0.25) is 9.78 Å². The Bertz CT molecular complexity index is 822. The minimum Gasteiger partial charge on any atom is -0.374 e. The van der Waals surface area contributed by atoms with E-state index in [4.69, 9.17) is 4.74 Å². The van der Waals surface area contributed by atoms with E-state index in [1.807, 2.05) is 31.2 Å². The molecule has 3 aromatic rings. The predicted octanol–water partition coefficient (Wildman–Crippen LogP) is 2.52. The van der Waals surface area contributed by atoms with Gasteiger partial charge in [-0.15, -0.1) is 0 Å². The summed E-state index contributed by atoms with van der Waals surface area (Å²) >= 11 is 0. The van der Waals surface area contributed by atoms with Crippen LogP contribution in [0, 0.1) is 0 Å². The van der Waals surface area contributed by atoms with Crippen molar-refractivity contribution in [3.05, 3.63) is 58.9 Å². The Balaban J connectivity index is 2.14. The summed E-state index contributed by atoms with van der Waals surface area (Å²) in [4.78, 5) is 23.2. The number of nitrogens with zero attached hydrogens (tertiary/aromatic N) is 2. The molecular formula is C16H15N3O2. The third-order valence-electron chi connectivity index (χ3n) is 3.18. The van der Waals surface area contributed by atoms with Gasteiger partial charge in [0.15, 0.2) is 0 Å².